The molecule has 0 amide bonds. The molecule has 2 aliphatic rings. The average Bonchev–Trinajstić information content (AvgIpc) is 2.72. The van der Waals surface area contributed by atoms with Gasteiger partial charge in [-0.2, -0.15) is 0 Å². The number of carbonyl (C=O) groups excluding carboxylic acids is 1. The van der Waals surface area contributed by atoms with E-state index in [1.165, 1.54) is 6.07 Å². The summed E-state index contributed by atoms with van der Waals surface area (Å²) in [4.78, 5) is 12.3. The Bertz CT molecular complexity index is 486. The lowest BCUT2D eigenvalue weighted by molar-refractivity contribution is -0.127. The van der Waals surface area contributed by atoms with E-state index in [9.17, 15) is 9.18 Å². The quantitative estimate of drug-likeness (QED) is 0.836. The molecule has 3 heteroatoms. The Kier molecular flexibility index (Phi) is 3.40. The molecule has 2 unspecified atom stereocenters. The molecule has 0 aromatic heterocycles. The van der Waals surface area contributed by atoms with Crippen LogP contribution in [0.5, 0.6) is 0 Å². The van der Waals surface area contributed by atoms with Crippen molar-refractivity contribution in [3.8, 4) is 0 Å². The lowest BCUT2D eigenvalue weighted by Gasteiger charge is -2.27. The molecule has 0 N–H and O–H groups in total. The number of hydrogen-bond acceptors (Lipinski definition) is 2. The number of benzene rings is 1. The molecule has 1 aromatic rings. The summed E-state index contributed by atoms with van der Waals surface area (Å²) in [6.07, 6.45) is 4.79. The SMILES string of the molecule is Cc1ccc(CC(=O)C2CC3CCC(C2)O3)cc1F. The monoisotopic (exact) mass is 262 g/mol. The van der Waals surface area contributed by atoms with Crippen LogP contribution in [0.15, 0.2) is 18.2 Å². The fourth-order valence-electron chi connectivity index (χ4n) is 3.21. The first-order valence-electron chi connectivity index (χ1n) is 7.05. The number of fused-ring (bicyclic) bond motifs is 2. The van der Waals surface area contributed by atoms with Crippen molar-refractivity contribution >= 4 is 5.78 Å². The van der Waals surface area contributed by atoms with Gasteiger partial charge in [-0.1, -0.05) is 12.1 Å². The zero-order valence-electron chi connectivity index (χ0n) is 11.2. The third-order valence-electron chi connectivity index (χ3n) is 4.36. The van der Waals surface area contributed by atoms with Crippen molar-refractivity contribution in [2.75, 3.05) is 0 Å². The second-order valence-electron chi connectivity index (χ2n) is 5.85. The van der Waals surface area contributed by atoms with Crippen LogP contribution in [0.1, 0.15) is 36.8 Å². The summed E-state index contributed by atoms with van der Waals surface area (Å²) in [6.45, 7) is 1.73. The number of carbonyl (C=O) groups is 1. The van der Waals surface area contributed by atoms with Crippen molar-refractivity contribution in [1.82, 2.24) is 0 Å². The number of hydrogen-bond donors (Lipinski definition) is 0. The summed E-state index contributed by atoms with van der Waals surface area (Å²) in [5, 5.41) is 0. The van der Waals surface area contributed by atoms with Gasteiger partial charge in [-0.3, -0.25) is 4.79 Å². The van der Waals surface area contributed by atoms with E-state index in [1.807, 2.05) is 6.07 Å². The van der Waals surface area contributed by atoms with Crippen molar-refractivity contribution in [3.05, 3.63) is 35.1 Å². The number of Topliss-reactive ketones (excluding diaryl/α,β-unsaturated/α-hetero) is 1. The largest absolute Gasteiger partial charge is 0.375 e. The van der Waals surface area contributed by atoms with E-state index < -0.39 is 0 Å². The van der Waals surface area contributed by atoms with Crippen LogP contribution < -0.4 is 0 Å². The molecule has 0 spiro atoms. The van der Waals surface area contributed by atoms with Crippen LogP contribution in [0.25, 0.3) is 0 Å². The van der Waals surface area contributed by atoms with Gasteiger partial charge in [0.2, 0.25) is 0 Å². The van der Waals surface area contributed by atoms with Crippen LogP contribution in [0, 0.1) is 18.7 Å². The molecule has 2 heterocycles. The molecule has 0 aliphatic carbocycles. The normalized spacial score (nSPS) is 29.5. The maximum Gasteiger partial charge on any atom is 0.140 e. The van der Waals surface area contributed by atoms with Gasteiger partial charge in [0.05, 0.1) is 12.2 Å². The lowest BCUT2D eigenvalue weighted by atomic mass is 9.88. The maximum atomic E-state index is 13.5. The van der Waals surface area contributed by atoms with E-state index >= 15 is 0 Å². The molecule has 2 fully saturated rings. The molecule has 2 atom stereocenters. The minimum atomic E-state index is -0.225. The van der Waals surface area contributed by atoms with Crippen LogP contribution in [-0.2, 0) is 16.0 Å². The highest BCUT2D eigenvalue weighted by Crippen LogP contribution is 2.36. The number of ketones is 1. The third kappa shape index (κ3) is 2.71. The standard InChI is InChI=1S/C16H19FO2/c1-10-2-3-11(6-15(10)17)7-16(18)12-8-13-4-5-14(9-12)19-13/h2-3,6,12-14H,4-5,7-9H2,1H3. The molecule has 102 valence electrons. The zero-order chi connectivity index (χ0) is 13.4. The molecule has 2 saturated heterocycles. The molecule has 2 nitrogen and oxygen atoms in total. The third-order valence-corrected chi connectivity index (χ3v) is 4.36. The topological polar surface area (TPSA) is 26.3 Å². The van der Waals surface area contributed by atoms with E-state index in [0.717, 1.165) is 31.2 Å². The highest BCUT2D eigenvalue weighted by molar-refractivity contribution is 5.83. The maximum absolute atomic E-state index is 13.5. The van der Waals surface area contributed by atoms with Gasteiger partial charge in [-0.15, -0.1) is 0 Å². The van der Waals surface area contributed by atoms with Crippen LogP contribution >= 0.6 is 0 Å². The van der Waals surface area contributed by atoms with Gasteiger partial charge in [-0.25, -0.2) is 4.39 Å². The van der Waals surface area contributed by atoms with Crippen LogP contribution in [0.4, 0.5) is 4.39 Å². The highest BCUT2D eigenvalue weighted by atomic mass is 19.1. The van der Waals surface area contributed by atoms with Crippen molar-refractivity contribution in [3.63, 3.8) is 0 Å². The first-order valence-corrected chi connectivity index (χ1v) is 7.05. The van der Waals surface area contributed by atoms with E-state index in [2.05, 4.69) is 0 Å². The first-order chi connectivity index (χ1) is 9.11. The summed E-state index contributed by atoms with van der Waals surface area (Å²) >= 11 is 0. The Morgan fingerprint density at radius 3 is 2.63 bits per heavy atom. The fraction of sp³-hybridized carbons (Fsp3) is 0.562. The van der Waals surface area contributed by atoms with Gasteiger partial charge in [0, 0.05) is 12.3 Å². The van der Waals surface area contributed by atoms with Crippen molar-refractivity contribution in [2.45, 2.75) is 51.2 Å². The van der Waals surface area contributed by atoms with E-state index in [1.54, 1.807) is 13.0 Å². The van der Waals surface area contributed by atoms with Gasteiger partial charge in [0.1, 0.15) is 11.6 Å². The Hall–Kier alpha value is -1.22. The Balaban J connectivity index is 1.66. The minimum Gasteiger partial charge on any atom is -0.375 e. The molecule has 3 rings (SSSR count). The van der Waals surface area contributed by atoms with Gasteiger partial charge < -0.3 is 4.74 Å². The zero-order valence-corrected chi connectivity index (χ0v) is 11.2. The first kappa shape index (κ1) is 12.8. The number of ether oxygens (including phenoxy) is 1. The molecule has 0 saturated carbocycles. The second-order valence-corrected chi connectivity index (χ2v) is 5.85. The van der Waals surface area contributed by atoms with Gasteiger partial charge in [-0.05, 0) is 49.8 Å². The van der Waals surface area contributed by atoms with Crippen LogP contribution in [0.2, 0.25) is 0 Å². The van der Waals surface area contributed by atoms with Gasteiger partial charge >= 0.3 is 0 Å². The molecular weight excluding hydrogens is 243 g/mol. The van der Waals surface area contributed by atoms with Gasteiger partial charge in [0.25, 0.3) is 0 Å². The lowest BCUT2D eigenvalue weighted by Crippen LogP contribution is -2.30. The Labute approximate surface area is 113 Å². The molecule has 0 radical (unpaired) electrons. The fourth-order valence-corrected chi connectivity index (χ4v) is 3.21. The number of halogens is 1. The molecule has 2 bridgehead atoms. The van der Waals surface area contributed by atoms with E-state index in [-0.39, 0.29) is 29.7 Å². The van der Waals surface area contributed by atoms with E-state index in [0.29, 0.717) is 12.0 Å². The molecule has 2 aliphatic heterocycles. The van der Waals surface area contributed by atoms with Crippen molar-refractivity contribution in [2.24, 2.45) is 5.92 Å². The van der Waals surface area contributed by atoms with Crippen molar-refractivity contribution in [1.29, 1.82) is 0 Å². The van der Waals surface area contributed by atoms with E-state index in [4.69, 9.17) is 4.74 Å². The van der Waals surface area contributed by atoms with Crippen molar-refractivity contribution < 1.29 is 13.9 Å². The predicted molar refractivity (Wildman–Crippen MR) is 70.5 cm³/mol. The highest BCUT2D eigenvalue weighted by Gasteiger charge is 2.37. The van der Waals surface area contributed by atoms with Crippen LogP contribution in [-0.4, -0.2) is 18.0 Å². The summed E-state index contributed by atoms with van der Waals surface area (Å²) in [6, 6.07) is 5.08. The molecule has 1 aromatic carbocycles. The van der Waals surface area contributed by atoms with Crippen LogP contribution in [0.3, 0.4) is 0 Å². The number of rotatable bonds is 3. The summed E-state index contributed by atoms with van der Waals surface area (Å²) < 4.78 is 19.2. The Morgan fingerprint density at radius 1 is 1.32 bits per heavy atom. The summed E-state index contributed by atoms with van der Waals surface area (Å²) in [7, 11) is 0. The summed E-state index contributed by atoms with van der Waals surface area (Å²) in [5.74, 6) is 0.122. The van der Waals surface area contributed by atoms with Gasteiger partial charge in [0.15, 0.2) is 0 Å². The summed E-state index contributed by atoms with van der Waals surface area (Å²) in [5.41, 5.74) is 1.41. The Morgan fingerprint density at radius 2 is 2.00 bits per heavy atom. The second kappa shape index (κ2) is 5.04. The molecule has 19 heavy (non-hydrogen) atoms. The minimum absolute atomic E-state index is 0.107. The predicted octanol–water partition coefficient (Wildman–Crippen LogP) is 3.20. The smallest absolute Gasteiger partial charge is 0.140 e. The molecular formula is C16H19FO2. The average molecular weight is 262 g/mol. The number of aryl methyl sites for hydroxylation is 1.